The van der Waals surface area contributed by atoms with Gasteiger partial charge in [-0.3, -0.25) is 0 Å². The lowest BCUT2D eigenvalue weighted by atomic mass is 9.87. The Morgan fingerprint density at radius 2 is 1.71 bits per heavy atom. The van der Waals surface area contributed by atoms with Crippen molar-refractivity contribution in [1.29, 1.82) is 0 Å². The van der Waals surface area contributed by atoms with Crippen LogP contribution in [0.15, 0.2) is 85.1 Å². The summed E-state index contributed by atoms with van der Waals surface area (Å²) in [5, 5.41) is 9.68. The van der Waals surface area contributed by atoms with Crippen LogP contribution in [0.5, 0.6) is 0 Å². The molecule has 2 N–H and O–H groups in total. The molecule has 0 aliphatic carbocycles. The van der Waals surface area contributed by atoms with Crippen LogP contribution in [-0.2, 0) is 4.79 Å². The number of benzene rings is 3. The Morgan fingerprint density at radius 3 is 2.39 bits per heavy atom. The number of carboxylic acid groups (broad SMARTS) is 1. The molecule has 4 heteroatoms. The van der Waals surface area contributed by atoms with E-state index >= 15 is 0 Å². The van der Waals surface area contributed by atoms with Gasteiger partial charge in [0.25, 0.3) is 0 Å². The van der Waals surface area contributed by atoms with E-state index < -0.39 is 5.97 Å². The number of hydrogen-bond donors (Lipinski definition) is 2. The molecule has 0 amide bonds. The Hall–Kier alpha value is -3.92. The molecular formula is C27H22FNO2. The molecule has 0 radical (unpaired) electrons. The minimum absolute atomic E-state index is 0.292. The SMILES string of the molecule is CCC(=C(c1ccc(C=CC(=O)O)cc1)c1cc(F)c2[nH]ccc2c1)c1ccccc1. The lowest BCUT2D eigenvalue weighted by Crippen LogP contribution is -1.96. The normalized spacial score (nSPS) is 12.3. The van der Waals surface area contributed by atoms with Gasteiger partial charge >= 0.3 is 5.97 Å². The van der Waals surface area contributed by atoms with Crippen molar-refractivity contribution in [2.45, 2.75) is 13.3 Å². The van der Waals surface area contributed by atoms with Crippen LogP contribution < -0.4 is 0 Å². The van der Waals surface area contributed by atoms with Gasteiger partial charge in [-0.2, -0.15) is 0 Å². The zero-order valence-corrected chi connectivity index (χ0v) is 17.1. The smallest absolute Gasteiger partial charge is 0.328 e. The maximum absolute atomic E-state index is 14.8. The first-order chi connectivity index (χ1) is 15.1. The van der Waals surface area contributed by atoms with Gasteiger partial charge in [-0.05, 0) is 64.1 Å². The average Bonchev–Trinajstić information content (AvgIpc) is 3.26. The van der Waals surface area contributed by atoms with Gasteiger partial charge in [0.15, 0.2) is 0 Å². The third-order valence-electron chi connectivity index (χ3n) is 5.30. The molecule has 4 aromatic rings. The Labute approximate surface area is 180 Å². The van der Waals surface area contributed by atoms with Gasteiger partial charge < -0.3 is 10.1 Å². The number of H-pyrrole nitrogens is 1. The molecule has 1 aromatic heterocycles. The molecule has 3 nitrogen and oxygen atoms in total. The highest BCUT2D eigenvalue weighted by molar-refractivity contribution is 6.00. The quantitative estimate of drug-likeness (QED) is 0.272. The van der Waals surface area contributed by atoms with Crippen molar-refractivity contribution < 1.29 is 14.3 Å². The van der Waals surface area contributed by atoms with Crippen LogP contribution in [0.2, 0.25) is 0 Å². The van der Waals surface area contributed by atoms with Crippen molar-refractivity contribution >= 4 is 34.1 Å². The zero-order valence-electron chi connectivity index (χ0n) is 17.1. The number of rotatable bonds is 6. The monoisotopic (exact) mass is 411 g/mol. The first kappa shape index (κ1) is 20.4. The summed E-state index contributed by atoms with van der Waals surface area (Å²) >= 11 is 0. The fourth-order valence-corrected chi connectivity index (χ4v) is 3.88. The molecule has 1 heterocycles. The summed E-state index contributed by atoms with van der Waals surface area (Å²) in [5.41, 5.74) is 6.20. The van der Waals surface area contributed by atoms with Crippen LogP contribution in [0.4, 0.5) is 4.39 Å². The van der Waals surface area contributed by atoms with Crippen LogP contribution in [0.3, 0.4) is 0 Å². The van der Waals surface area contributed by atoms with Crippen molar-refractivity contribution in [1.82, 2.24) is 4.98 Å². The summed E-state index contributed by atoms with van der Waals surface area (Å²) in [5.74, 6) is -1.28. The van der Waals surface area contributed by atoms with E-state index in [0.29, 0.717) is 5.52 Å². The standard InChI is InChI=1S/C27H22FNO2/c1-2-23(19-6-4-3-5-7-19)26(20-11-8-18(9-12-20)10-13-25(30)31)22-16-21-14-15-29-27(21)24(28)17-22/h3-17,29H,2H2,1H3,(H,30,31). The van der Waals surface area contributed by atoms with Gasteiger partial charge in [0, 0.05) is 17.7 Å². The van der Waals surface area contributed by atoms with E-state index in [9.17, 15) is 9.18 Å². The van der Waals surface area contributed by atoms with E-state index in [1.54, 1.807) is 18.3 Å². The average molecular weight is 411 g/mol. The number of aromatic amines is 1. The summed E-state index contributed by atoms with van der Waals surface area (Å²) < 4.78 is 14.8. The Morgan fingerprint density at radius 1 is 0.968 bits per heavy atom. The maximum atomic E-state index is 14.8. The Balaban J connectivity index is 1.93. The van der Waals surface area contributed by atoms with Crippen molar-refractivity contribution in [3.05, 3.63) is 113 Å². The highest BCUT2D eigenvalue weighted by Gasteiger charge is 2.15. The van der Waals surface area contributed by atoms with E-state index in [4.69, 9.17) is 5.11 Å². The van der Waals surface area contributed by atoms with Crippen LogP contribution in [-0.4, -0.2) is 16.1 Å². The highest BCUT2D eigenvalue weighted by Crippen LogP contribution is 2.36. The minimum atomic E-state index is -0.989. The van der Waals surface area contributed by atoms with E-state index in [0.717, 1.165) is 51.3 Å². The van der Waals surface area contributed by atoms with Crippen molar-refractivity contribution in [3.8, 4) is 0 Å². The molecule has 0 saturated heterocycles. The van der Waals surface area contributed by atoms with E-state index in [2.05, 4.69) is 24.0 Å². The van der Waals surface area contributed by atoms with E-state index in [1.165, 1.54) is 0 Å². The number of nitrogens with one attached hydrogen (secondary N) is 1. The molecule has 0 atom stereocenters. The Bertz CT molecular complexity index is 1280. The molecule has 0 aliphatic heterocycles. The third-order valence-corrected chi connectivity index (χ3v) is 5.30. The van der Waals surface area contributed by atoms with Crippen LogP contribution in [0, 0.1) is 5.82 Å². The Kier molecular flexibility index (Phi) is 5.80. The summed E-state index contributed by atoms with van der Waals surface area (Å²) in [6, 6.07) is 23.2. The fraction of sp³-hybridized carbons (Fsp3) is 0.0741. The van der Waals surface area contributed by atoms with Crippen molar-refractivity contribution in [3.63, 3.8) is 0 Å². The number of halogens is 1. The van der Waals surface area contributed by atoms with Gasteiger partial charge in [0.2, 0.25) is 0 Å². The van der Waals surface area contributed by atoms with Crippen LogP contribution in [0.1, 0.15) is 35.6 Å². The molecule has 31 heavy (non-hydrogen) atoms. The van der Waals surface area contributed by atoms with Gasteiger partial charge in [-0.25, -0.2) is 9.18 Å². The second kappa shape index (κ2) is 8.84. The lowest BCUT2D eigenvalue weighted by Gasteiger charge is -2.17. The lowest BCUT2D eigenvalue weighted by molar-refractivity contribution is -0.131. The largest absolute Gasteiger partial charge is 0.478 e. The molecule has 0 unspecified atom stereocenters. The topological polar surface area (TPSA) is 53.1 Å². The number of allylic oxidation sites excluding steroid dienone is 1. The minimum Gasteiger partial charge on any atom is -0.478 e. The number of hydrogen-bond acceptors (Lipinski definition) is 1. The van der Waals surface area contributed by atoms with Crippen molar-refractivity contribution in [2.24, 2.45) is 0 Å². The summed E-state index contributed by atoms with van der Waals surface area (Å²) in [6.07, 6.45) is 5.18. The summed E-state index contributed by atoms with van der Waals surface area (Å²) in [7, 11) is 0. The molecule has 0 spiro atoms. The number of aliphatic carboxylic acids is 1. The molecule has 4 rings (SSSR count). The predicted molar refractivity (Wildman–Crippen MR) is 124 cm³/mol. The maximum Gasteiger partial charge on any atom is 0.328 e. The van der Waals surface area contributed by atoms with E-state index in [1.807, 2.05) is 54.6 Å². The van der Waals surface area contributed by atoms with Crippen molar-refractivity contribution in [2.75, 3.05) is 0 Å². The number of carboxylic acids is 1. The molecule has 0 bridgehead atoms. The fourth-order valence-electron chi connectivity index (χ4n) is 3.88. The molecule has 3 aromatic carbocycles. The van der Waals surface area contributed by atoms with Gasteiger partial charge in [0.05, 0.1) is 5.52 Å². The highest BCUT2D eigenvalue weighted by atomic mass is 19.1. The van der Waals surface area contributed by atoms with Gasteiger partial charge in [0.1, 0.15) is 5.82 Å². The second-order valence-corrected chi connectivity index (χ2v) is 7.27. The van der Waals surface area contributed by atoms with E-state index in [-0.39, 0.29) is 5.82 Å². The summed E-state index contributed by atoms with van der Waals surface area (Å²) in [4.78, 5) is 13.8. The van der Waals surface area contributed by atoms with Crippen LogP contribution in [0.25, 0.3) is 28.1 Å². The first-order valence-electron chi connectivity index (χ1n) is 10.1. The predicted octanol–water partition coefficient (Wildman–Crippen LogP) is 6.77. The number of carbonyl (C=O) groups is 1. The second-order valence-electron chi connectivity index (χ2n) is 7.27. The van der Waals surface area contributed by atoms with Gasteiger partial charge in [-0.1, -0.05) is 61.5 Å². The molecule has 154 valence electrons. The van der Waals surface area contributed by atoms with Crippen LogP contribution >= 0.6 is 0 Å². The summed E-state index contributed by atoms with van der Waals surface area (Å²) in [6.45, 7) is 2.09. The zero-order chi connectivity index (χ0) is 21.8. The third kappa shape index (κ3) is 4.33. The number of aromatic nitrogens is 1. The molecule has 0 saturated carbocycles. The number of fused-ring (bicyclic) bond motifs is 1. The molecule has 0 aliphatic rings. The first-order valence-corrected chi connectivity index (χ1v) is 10.1. The molecule has 0 fully saturated rings. The molecular weight excluding hydrogens is 389 g/mol. The van der Waals surface area contributed by atoms with Gasteiger partial charge in [-0.15, -0.1) is 0 Å².